The molecule has 1 aromatic heterocycles. The molecule has 0 bridgehead atoms. The predicted molar refractivity (Wildman–Crippen MR) is 65.0 cm³/mol. The molecule has 1 atom stereocenters. The van der Waals surface area contributed by atoms with Gasteiger partial charge in [0.2, 0.25) is 0 Å². The van der Waals surface area contributed by atoms with Gasteiger partial charge in [-0.1, -0.05) is 0 Å². The lowest BCUT2D eigenvalue weighted by Gasteiger charge is -2.15. The number of benzene rings is 1. The summed E-state index contributed by atoms with van der Waals surface area (Å²) < 4.78 is 28.8. The molecule has 0 radical (unpaired) electrons. The van der Waals surface area contributed by atoms with E-state index in [-0.39, 0.29) is 5.56 Å². The largest absolute Gasteiger partial charge is 0.334 e. The Balaban J connectivity index is 2.46. The maximum absolute atomic E-state index is 13.8. The highest BCUT2D eigenvalue weighted by Crippen LogP contribution is 2.23. The number of hydrogen-bond acceptors (Lipinski definition) is 2. The molecule has 1 unspecified atom stereocenters. The average molecular weight is 251 g/mol. The van der Waals surface area contributed by atoms with Gasteiger partial charge >= 0.3 is 0 Å². The van der Waals surface area contributed by atoms with Gasteiger partial charge in [0.05, 0.1) is 6.04 Å². The van der Waals surface area contributed by atoms with Crippen LogP contribution in [-0.2, 0) is 6.54 Å². The van der Waals surface area contributed by atoms with E-state index in [1.807, 2.05) is 11.5 Å². The van der Waals surface area contributed by atoms with E-state index in [4.69, 9.17) is 5.73 Å². The third kappa shape index (κ3) is 2.13. The molecule has 2 N–H and O–H groups in total. The summed E-state index contributed by atoms with van der Waals surface area (Å²) in [5.74, 6) is -0.638. The molecule has 5 heteroatoms. The van der Waals surface area contributed by atoms with Crippen LogP contribution < -0.4 is 5.73 Å². The fourth-order valence-corrected chi connectivity index (χ4v) is 1.92. The van der Waals surface area contributed by atoms with Gasteiger partial charge in [0, 0.05) is 30.6 Å². The van der Waals surface area contributed by atoms with Gasteiger partial charge in [-0.05, 0) is 25.5 Å². The van der Waals surface area contributed by atoms with Crippen molar-refractivity contribution < 1.29 is 8.78 Å². The number of halogens is 2. The molecule has 0 saturated carbocycles. The minimum Gasteiger partial charge on any atom is -0.334 e. The third-order valence-electron chi connectivity index (χ3n) is 2.98. The molecule has 0 spiro atoms. The van der Waals surface area contributed by atoms with Crippen molar-refractivity contribution in [3.8, 4) is 0 Å². The quantitative estimate of drug-likeness (QED) is 0.911. The molecule has 18 heavy (non-hydrogen) atoms. The van der Waals surface area contributed by atoms with E-state index in [2.05, 4.69) is 4.98 Å². The first-order valence-electron chi connectivity index (χ1n) is 5.76. The Morgan fingerprint density at radius 2 is 2.06 bits per heavy atom. The van der Waals surface area contributed by atoms with Crippen molar-refractivity contribution in [3.63, 3.8) is 0 Å². The molecule has 3 nitrogen and oxygen atoms in total. The lowest BCUT2D eigenvalue weighted by Crippen LogP contribution is -2.19. The molecule has 0 aliphatic heterocycles. The zero-order valence-electron chi connectivity index (χ0n) is 10.3. The van der Waals surface area contributed by atoms with Crippen LogP contribution in [0.3, 0.4) is 0 Å². The van der Waals surface area contributed by atoms with E-state index in [1.165, 1.54) is 6.07 Å². The summed E-state index contributed by atoms with van der Waals surface area (Å²) in [6.45, 7) is 4.23. The van der Waals surface area contributed by atoms with Gasteiger partial charge in [0.1, 0.15) is 17.5 Å². The molecule has 2 aromatic rings. The normalized spacial score (nSPS) is 12.7. The van der Waals surface area contributed by atoms with Gasteiger partial charge in [-0.15, -0.1) is 0 Å². The summed E-state index contributed by atoms with van der Waals surface area (Å²) in [5.41, 5.74) is 6.64. The van der Waals surface area contributed by atoms with Crippen LogP contribution in [0.4, 0.5) is 8.78 Å². The summed E-state index contributed by atoms with van der Waals surface area (Å²) in [4.78, 5) is 4.13. The Labute approximate surface area is 104 Å². The first-order valence-corrected chi connectivity index (χ1v) is 5.76. The minimum absolute atomic E-state index is 0.259. The van der Waals surface area contributed by atoms with Gasteiger partial charge in [0.15, 0.2) is 0 Å². The maximum Gasteiger partial charge on any atom is 0.131 e. The minimum atomic E-state index is -0.695. The van der Waals surface area contributed by atoms with Crippen molar-refractivity contribution in [2.75, 3.05) is 0 Å². The number of nitrogens with zero attached hydrogens (tertiary/aromatic N) is 2. The number of hydrogen-bond donors (Lipinski definition) is 1. The SMILES string of the molecule is CCn1ccnc1C(N)c1cc(C)c(F)cc1F. The van der Waals surface area contributed by atoms with Crippen molar-refractivity contribution in [2.45, 2.75) is 26.4 Å². The number of aryl methyl sites for hydroxylation is 2. The van der Waals surface area contributed by atoms with E-state index in [0.717, 1.165) is 6.07 Å². The Kier molecular flexibility index (Phi) is 3.43. The van der Waals surface area contributed by atoms with Crippen molar-refractivity contribution in [1.82, 2.24) is 9.55 Å². The first kappa shape index (κ1) is 12.7. The first-order chi connectivity index (χ1) is 8.54. The molecular formula is C13H15F2N3. The lowest BCUT2D eigenvalue weighted by atomic mass is 10.0. The predicted octanol–water partition coefficient (Wildman–Crippen LogP) is 2.54. The molecule has 0 saturated heterocycles. The molecule has 2 rings (SSSR count). The second-order valence-electron chi connectivity index (χ2n) is 4.17. The molecule has 0 fully saturated rings. The monoisotopic (exact) mass is 251 g/mol. The van der Waals surface area contributed by atoms with Crippen LogP contribution >= 0.6 is 0 Å². The molecule has 1 heterocycles. The standard InChI is InChI=1S/C13H15F2N3/c1-3-18-5-4-17-13(18)12(16)9-6-8(2)10(14)7-11(9)15/h4-7,12H,3,16H2,1-2H3. The molecule has 0 aliphatic rings. The van der Waals surface area contributed by atoms with Gasteiger partial charge < -0.3 is 10.3 Å². The molecule has 96 valence electrons. The third-order valence-corrected chi connectivity index (χ3v) is 2.98. The van der Waals surface area contributed by atoms with Gasteiger partial charge in [-0.2, -0.15) is 0 Å². The molecule has 0 amide bonds. The van der Waals surface area contributed by atoms with Crippen molar-refractivity contribution in [1.29, 1.82) is 0 Å². The second-order valence-corrected chi connectivity index (χ2v) is 4.17. The summed E-state index contributed by atoms with van der Waals surface area (Å²) in [6.07, 6.45) is 3.40. The number of imidazole rings is 1. The Hall–Kier alpha value is -1.75. The number of nitrogens with two attached hydrogens (primary N) is 1. The maximum atomic E-state index is 13.8. The van der Waals surface area contributed by atoms with Crippen LogP contribution in [0.15, 0.2) is 24.5 Å². The van der Waals surface area contributed by atoms with E-state index in [9.17, 15) is 8.78 Å². The zero-order chi connectivity index (χ0) is 13.3. The van der Waals surface area contributed by atoms with Gasteiger partial charge in [0.25, 0.3) is 0 Å². The fraction of sp³-hybridized carbons (Fsp3) is 0.308. The highest BCUT2D eigenvalue weighted by molar-refractivity contribution is 5.31. The number of aromatic nitrogens is 2. The highest BCUT2D eigenvalue weighted by Gasteiger charge is 2.19. The van der Waals surface area contributed by atoms with Crippen LogP contribution in [0.2, 0.25) is 0 Å². The van der Waals surface area contributed by atoms with E-state index < -0.39 is 17.7 Å². The van der Waals surface area contributed by atoms with Crippen LogP contribution in [0.1, 0.15) is 29.9 Å². The molecular weight excluding hydrogens is 236 g/mol. The van der Waals surface area contributed by atoms with E-state index in [1.54, 1.807) is 19.3 Å². The topological polar surface area (TPSA) is 43.8 Å². The Morgan fingerprint density at radius 1 is 1.33 bits per heavy atom. The van der Waals surface area contributed by atoms with Crippen molar-refractivity contribution in [2.24, 2.45) is 5.73 Å². The summed E-state index contributed by atoms with van der Waals surface area (Å²) in [6, 6.07) is 1.60. The van der Waals surface area contributed by atoms with Crippen molar-refractivity contribution >= 4 is 0 Å². The molecule has 0 aliphatic carbocycles. The smallest absolute Gasteiger partial charge is 0.131 e. The molecule has 1 aromatic carbocycles. The van der Waals surface area contributed by atoms with Crippen LogP contribution in [0.25, 0.3) is 0 Å². The Bertz CT molecular complexity index is 563. The zero-order valence-corrected chi connectivity index (χ0v) is 10.3. The van der Waals surface area contributed by atoms with Gasteiger partial charge in [-0.25, -0.2) is 13.8 Å². The highest BCUT2D eigenvalue weighted by atomic mass is 19.1. The lowest BCUT2D eigenvalue weighted by molar-refractivity contribution is 0.552. The second kappa shape index (κ2) is 4.86. The summed E-state index contributed by atoms with van der Waals surface area (Å²) >= 11 is 0. The van der Waals surface area contributed by atoms with Gasteiger partial charge in [-0.3, -0.25) is 0 Å². The van der Waals surface area contributed by atoms with E-state index >= 15 is 0 Å². The fourth-order valence-electron chi connectivity index (χ4n) is 1.92. The Morgan fingerprint density at radius 3 is 2.72 bits per heavy atom. The summed E-state index contributed by atoms with van der Waals surface area (Å²) in [7, 11) is 0. The summed E-state index contributed by atoms with van der Waals surface area (Å²) in [5, 5.41) is 0. The average Bonchev–Trinajstić information content (AvgIpc) is 2.81. The van der Waals surface area contributed by atoms with Crippen molar-refractivity contribution in [3.05, 3.63) is 53.1 Å². The number of rotatable bonds is 3. The van der Waals surface area contributed by atoms with E-state index in [0.29, 0.717) is 17.9 Å². The van der Waals surface area contributed by atoms with Crippen LogP contribution in [0.5, 0.6) is 0 Å². The van der Waals surface area contributed by atoms with Crippen LogP contribution in [0, 0.1) is 18.6 Å². The van der Waals surface area contributed by atoms with Crippen LogP contribution in [-0.4, -0.2) is 9.55 Å².